The van der Waals surface area contributed by atoms with Crippen molar-refractivity contribution in [2.24, 2.45) is 11.8 Å². The topological polar surface area (TPSA) is 87.2 Å². The van der Waals surface area contributed by atoms with Gasteiger partial charge in [0.15, 0.2) is 0 Å². The zero-order valence-electron chi connectivity index (χ0n) is 22.1. The molecule has 7 atom stereocenters. The molecule has 7 nitrogen and oxygen atoms in total. The standard InChI is InChI=1S/C31H33BrN2O5S/c1-3-15-33(18-20-11-7-5-8-12-20)29(37)27-31-17-22(32)26(40-31)24(30(38)39-16-4-2)25(31)28(36)34(27)23(19-35)21-13-9-6-10-14-21/h3-14,22-27,35H,1-2,15-19H2/t22?,23-,24-,25+,26-,27?,31?/m1/s1. The molecular formula is C31H33BrN2O5S. The van der Waals surface area contributed by atoms with E-state index in [0.717, 1.165) is 11.1 Å². The molecule has 5 rings (SSSR count). The molecule has 3 saturated heterocycles. The number of aliphatic hydroxyl groups is 1. The van der Waals surface area contributed by atoms with E-state index in [1.54, 1.807) is 27.6 Å². The van der Waals surface area contributed by atoms with Gasteiger partial charge >= 0.3 is 5.97 Å². The van der Waals surface area contributed by atoms with Crippen LogP contribution in [0.15, 0.2) is 86.0 Å². The summed E-state index contributed by atoms with van der Waals surface area (Å²) in [5, 5.41) is 10.4. The maximum atomic E-state index is 14.7. The van der Waals surface area contributed by atoms with Crippen LogP contribution in [0.3, 0.4) is 0 Å². The second kappa shape index (κ2) is 11.9. The molecule has 2 bridgehead atoms. The molecule has 1 N–H and O–H groups in total. The van der Waals surface area contributed by atoms with Crippen LogP contribution < -0.4 is 0 Å². The van der Waals surface area contributed by atoms with Crippen molar-refractivity contribution >= 4 is 45.5 Å². The highest BCUT2D eigenvalue weighted by Crippen LogP contribution is 2.68. The molecule has 9 heteroatoms. The molecule has 0 saturated carbocycles. The number of nitrogens with zero attached hydrogens (tertiary/aromatic N) is 2. The van der Waals surface area contributed by atoms with Gasteiger partial charge in [0.05, 0.1) is 29.2 Å². The number of halogens is 1. The Kier molecular flexibility index (Phi) is 8.54. The van der Waals surface area contributed by atoms with Crippen LogP contribution in [0.2, 0.25) is 0 Å². The van der Waals surface area contributed by atoms with Gasteiger partial charge < -0.3 is 19.6 Å². The maximum Gasteiger partial charge on any atom is 0.311 e. The molecular weight excluding hydrogens is 592 g/mol. The fourth-order valence-corrected chi connectivity index (χ4v) is 10.2. The van der Waals surface area contributed by atoms with Crippen LogP contribution in [0.25, 0.3) is 0 Å². The van der Waals surface area contributed by atoms with Crippen molar-refractivity contribution < 1.29 is 24.2 Å². The normalized spacial score (nSPS) is 29.1. The van der Waals surface area contributed by atoms with Crippen LogP contribution >= 0.6 is 27.7 Å². The Morgan fingerprint density at radius 1 is 1.15 bits per heavy atom. The molecule has 2 aromatic rings. The number of alkyl halides is 1. The number of ether oxygens (including phenoxy) is 1. The van der Waals surface area contributed by atoms with E-state index in [1.807, 2.05) is 60.7 Å². The van der Waals surface area contributed by atoms with Gasteiger partial charge in [-0.05, 0) is 17.5 Å². The largest absolute Gasteiger partial charge is 0.461 e. The van der Waals surface area contributed by atoms with Crippen LogP contribution in [0.5, 0.6) is 0 Å². The lowest BCUT2D eigenvalue weighted by Gasteiger charge is -2.40. The first kappa shape index (κ1) is 28.6. The fourth-order valence-electron chi connectivity index (χ4n) is 6.58. The molecule has 0 radical (unpaired) electrons. The predicted molar refractivity (Wildman–Crippen MR) is 159 cm³/mol. The molecule has 40 heavy (non-hydrogen) atoms. The monoisotopic (exact) mass is 624 g/mol. The highest BCUT2D eigenvalue weighted by atomic mass is 79.9. The van der Waals surface area contributed by atoms with Crippen LogP contribution in [0.1, 0.15) is 23.6 Å². The van der Waals surface area contributed by atoms with Gasteiger partial charge in [-0.1, -0.05) is 95.3 Å². The summed E-state index contributed by atoms with van der Waals surface area (Å²) in [5.41, 5.74) is 1.68. The molecule has 2 amide bonds. The lowest BCUT2D eigenvalue weighted by Crippen LogP contribution is -2.56. The summed E-state index contributed by atoms with van der Waals surface area (Å²) in [7, 11) is 0. The highest BCUT2D eigenvalue weighted by molar-refractivity contribution is 9.09. The Morgan fingerprint density at radius 2 is 1.82 bits per heavy atom. The first-order valence-electron chi connectivity index (χ1n) is 13.4. The smallest absolute Gasteiger partial charge is 0.311 e. The molecule has 0 aliphatic carbocycles. The Morgan fingerprint density at radius 3 is 2.45 bits per heavy atom. The van der Waals surface area contributed by atoms with E-state index in [4.69, 9.17) is 4.74 Å². The number of carbonyl (C=O) groups excluding carboxylic acids is 3. The van der Waals surface area contributed by atoms with Crippen molar-refractivity contribution in [3.63, 3.8) is 0 Å². The molecule has 3 fully saturated rings. The number of hydrogen-bond acceptors (Lipinski definition) is 6. The summed E-state index contributed by atoms with van der Waals surface area (Å²) in [6.07, 6.45) is 3.72. The summed E-state index contributed by atoms with van der Waals surface area (Å²) in [6, 6.07) is 17.3. The maximum absolute atomic E-state index is 14.7. The fraction of sp³-hybridized carbons (Fsp3) is 0.387. The number of benzene rings is 2. The zero-order valence-corrected chi connectivity index (χ0v) is 24.5. The summed E-state index contributed by atoms with van der Waals surface area (Å²) < 4.78 is 4.62. The van der Waals surface area contributed by atoms with Gasteiger partial charge in [-0.3, -0.25) is 14.4 Å². The molecule has 3 unspecified atom stereocenters. The summed E-state index contributed by atoms with van der Waals surface area (Å²) in [5.74, 6) is -2.44. The van der Waals surface area contributed by atoms with E-state index in [0.29, 0.717) is 19.5 Å². The van der Waals surface area contributed by atoms with Crippen LogP contribution in [-0.2, 0) is 25.7 Å². The van der Waals surface area contributed by atoms with Crippen molar-refractivity contribution in [1.29, 1.82) is 0 Å². The number of esters is 1. The third-order valence-corrected chi connectivity index (χ3v) is 11.4. The number of rotatable bonds is 11. The highest BCUT2D eigenvalue weighted by Gasteiger charge is 2.76. The van der Waals surface area contributed by atoms with E-state index in [2.05, 4.69) is 29.1 Å². The second-order valence-corrected chi connectivity index (χ2v) is 13.1. The Hall–Kier alpha value is -2.88. The SMILES string of the molecule is C=CCOC(=O)[C@H]1[C@@H]2SC3(CC2Br)C(C(=O)N(CC=C)Cc2ccccc2)N([C@H](CO)c2ccccc2)C(=O)[C@H]13. The average molecular weight is 626 g/mol. The number of aliphatic hydroxyl groups excluding tert-OH is 1. The molecule has 2 aromatic carbocycles. The second-order valence-electron chi connectivity index (χ2n) is 10.4. The van der Waals surface area contributed by atoms with E-state index in [-0.39, 0.29) is 35.1 Å². The van der Waals surface area contributed by atoms with Gasteiger partial charge in [0, 0.05) is 23.2 Å². The minimum atomic E-state index is -0.890. The Bertz CT molecular complexity index is 1280. The molecule has 1 spiro atoms. The Balaban J connectivity index is 1.61. The minimum absolute atomic E-state index is 0.0487. The van der Waals surface area contributed by atoms with Crippen LogP contribution in [-0.4, -0.2) is 73.3 Å². The molecule has 210 valence electrons. The van der Waals surface area contributed by atoms with Gasteiger partial charge in [0.1, 0.15) is 12.6 Å². The third-order valence-electron chi connectivity index (χ3n) is 8.15. The first-order valence-corrected chi connectivity index (χ1v) is 15.2. The molecule has 0 aromatic heterocycles. The van der Waals surface area contributed by atoms with Crippen molar-refractivity contribution in [3.8, 4) is 0 Å². The summed E-state index contributed by atoms with van der Waals surface area (Å²) >= 11 is 5.32. The van der Waals surface area contributed by atoms with Gasteiger partial charge in [-0.25, -0.2) is 0 Å². The van der Waals surface area contributed by atoms with Gasteiger partial charge in [0.2, 0.25) is 11.8 Å². The molecule has 3 aliphatic rings. The quantitative estimate of drug-likeness (QED) is 0.230. The first-order chi connectivity index (χ1) is 19.4. The van der Waals surface area contributed by atoms with Crippen molar-refractivity contribution in [1.82, 2.24) is 9.80 Å². The molecule has 3 heterocycles. The summed E-state index contributed by atoms with van der Waals surface area (Å²) in [4.78, 5) is 45.7. The van der Waals surface area contributed by atoms with Crippen molar-refractivity contribution in [3.05, 3.63) is 97.1 Å². The lowest BCUT2D eigenvalue weighted by atomic mass is 9.71. The number of likely N-dealkylation sites (tertiary alicyclic amines) is 1. The van der Waals surface area contributed by atoms with Crippen LogP contribution in [0, 0.1) is 11.8 Å². The Labute approximate surface area is 247 Å². The number of thioether (sulfide) groups is 1. The zero-order chi connectivity index (χ0) is 28.4. The number of fused-ring (bicyclic) bond motifs is 1. The van der Waals surface area contributed by atoms with E-state index in [1.165, 1.54) is 6.08 Å². The third kappa shape index (κ3) is 4.82. The molecule has 3 aliphatic heterocycles. The van der Waals surface area contributed by atoms with Gasteiger partial charge in [-0.15, -0.1) is 18.3 Å². The number of amides is 2. The number of hydrogen-bond donors (Lipinski definition) is 1. The number of carbonyl (C=O) groups is 3. The summed E-state index contributed by atoms with van der Waals surface area (Å²) in [6.45, 7) is 7.83. The van der Waals surface area contributed by atoms with E-state index < -0.39 is 34.6 Å². The van der Waals surface area contributed by atoms with E-state index >= 15 is 0 Å². The minimum Gasteiger partial charge on any atom is -0.461 e. The van der Waals surface area contributed by atoms with Gasteiger partial charge in [-0.2, -0.15) is 0 Å². The van der Waals surface area contributed by atoms with E-state index in [9.17, 15) is 19.5 Å². The van der Waals surface area contributed by atoms with Crippen molar-refractivity contribution in [2.75, 3.05) is 19.8 Å². The van der Waals surface area contributed by atoms with Crippen LogP contribution in [0.4, 0.5) is 0 Å². The average Bonchev–Trinajstić information content (AvgIpc) is 3.56. The lowest BCUT2D eigenvalue weighted by molar-refractivity contribution is -0.153. The predicted octanol–water partition coefficient (Wildman–Crippen LogP) is 4.13. The van der Waals surface area contributed by atoms with Gasteiger partial charge in [0.25, 0.3) is 0 Å². The van der Waals surface area contributed by atoms with Crippen molar-refractivity contribution in [2.45, 2.75) is 39.9 Å².